The van der Waals surface area contributed by atoms with E-state index < -0.39 is 0 Å². The number of hydrogen-bond donors (Lipinski definition) is 1. The molecule has 0 aliphatic carbocycles. The van der Waals surface area contributed by atoms with Gasteiger partial charge in [-0.25, -0.2) is 0 Å². The van der Waals surface area contributed by atoms with E-state index in [1.165, 1.54) is 0 Å². The summed E-state index contributed by atoms with van der Waals surface area (Å²) in [7, 11) is 3.61. The average molecular weight is 290 g/mol. The Hall–Kier alpha value is -2.08. The van der Waals surface area contributed by atoms with E-state index >= 15 is 0 Å². The third-order valence-corrected chi connectivity index (χ3v) is 3.19. The Bertz CT molecular complexity index is 569. The third kappa shape index (κ3) is 4.19. The van der Waals surface area contributed by atoms with Crippen molar-refractivity contribution in [2.75, 3.05) is 20.3 Å². The number of nitrogens with zero attached hydrogens (tertiary/aromatic N) is 3. The largest absolute Gasteiger partial charge is 0.493 e. The summed E-state index contributed by atoms with van der Waals surface area (Å²) in [5.74, 6) is 2.53. The Kier molecular flexibility index (Phi) is 5.57. The van der Waals surface area contributed by atoms with Crippen molar-refractivity contribution in [1.29, 1.82) is 0 Å². The van der Waals surface area contributed by atoms with E-state index in [2.05, 4.69) is 15.5 Å². The number of benzene rings is 1. The van der Waals surface area contributed by atoms with Gasteiger partial charge in [0, 0.05) is 26.6 Å². The van der Waals surface area contributed by atoms with Crippen molar-refractivity contribution in [3.8, 4) is 11.5 Å². The van der Waals surface area contributed by atoms with Crippen molar-refractivity contribution < 1.29 is 9.47 Å². The van der Waals surface area contributed by atoms with Crippen molar-refractivity contribution in [2.24, 2.45) is 7.05 Å². The summed E-state index contributed by atoms with van der Waals surface area (Å²) in [6.45, 7) is 4.22. The molecule has 0 aliphatic rings. The van der Waals surface area contributed by atoms with Crippen LogP contribution in [0.3, 0.4) is 0 Å². The van der Waals surface area contributed by atoms with Gasteiger partial charge in [-0.1, -0.05) is 6.07 Å². The second kappa shape index (κ2) is 7.64. The molecule has 0 unspecified atom stereocenters. The van der Waals surface area contributed by atoms with Crippen molar-refractivity contribution in [3.63, 3.8) is 0 Å². The van der Waals surface area contributed by atoms with Gasteiger partial charge in [-0.3, -0.25) is 0 Å². The topological polar surface area (TPSA) is 61.2 Å². The molecule has 6 nitrogen and oxygen atoms in total. The highest BCUT2D eigenvalue weighted by Gasteiger charge is 2.05. The first-order valence-corrected chi connectivity index (χ1v) is 7.08. The number of ether oxygens (including phenoxy) is 2. The van der Waals surface area contributed by atoms with Gasteiger partial charge in [0.25, 0.3) is 0 Å². The minimum absolute atomic E-state index is 0.631. The Morgan fingerprint density at radius 3 is 2.81 bits per heavy atom. The molecule has 1 aromatic carbocycles. The van der Waals surface area contributed by atoms with Crippen LogP contribution in [0.2, 0.25) is 0 Å². The lowest BCUT2D eigenvalue weighted by Gasteiger charge is -2.11. The molecule has 1 N–H and O–H groups in total. The number of nitrogens with one attached hydrogen (secondary N) is 1. The Morgan fingerprint density at radius 2 is 2.14 bits per heavy atom. The van der Waals surface area contributed by atoms with E-state index in [-0.39, 0.29) is 0 Å². The van der Waals surface area contributed by atoms with E-state index in [0.29, 0.717) is 6.61 Å². The molecule has 2 aromatic rings. The number of rotatable bonds is 8. The maximum absolute atomic E-state index is 5.51. The van der Waals surface area contributed by atoms with Crippen LogP contribution in [0.25, 0.3) is 0 Å². The standard InChI is InChI=1S/C15H22N4O2/c1-4-21-13-6-5-12(9-14(13)20-3)10-16-8-7-15-18-17-11-19(15)2/h5-6,9,11,16H,4,7-8,10H2,1-3H3. The highest BCUT2D eigenvalue weighted by Crippen LogP contribution is 2.27. The Morgan fingerprint density at radius 1 is 1.29 bits per heavy atom. The molecule has 1 heterocycles. The minimum Gasteiger partial charge on any atom is -0.493 e. The van der Waals surface area contributed by atoms with Crippen LogP contribution in [0.5, 0.6) is 11.5 Å². The average Bonchev–Trinajstić information content (AvgIpc) is 2.90. The molecule has 0 spiro atoms. The quantitative estimate of drug-likeness (QED) is 0.748. The molecule has 0 fully saturated rings. The first kappa shape index (κ1) is 15.3. The second-order valence-electron chi connectivity index (χ2n) is 4.70. The maximum atomic E-state index is 5.51. The van der Waals surface area contributed by atoms with Crippen LogP contribution < -0.4 is 14.8 Å². The second-order valence-corrected chi connectivity index (χ2v) is 4.70. The van der Waals surface area contributed by atoms with Crippen LogP contribution in [-0.2, 0) is 20.0 Å². The van der Waals surface area contributed by atoms with Crippen molar-refractivity contribution in [3.05, 3.63) is 35.9 Å². The van der Waals surface area contributed by atoms with Gasteiger partial charge in [0.1, 0.15) is 12.2 Å². The SMILES string of the molecule is CCOc1ccc(CNCCc2nncn2C)cc1OC. The van der Waals surface area contributed by atoms with Gasteiger partial charge in [-0.05, 0) is 24.6 Å². The summed E-state index contributed by atoms with van der Waals surface area (Å²) in [6, 6.07) is 5.99. The lowest BCUT2D eigenvalue weighted by Crippen LogP contribution is -2.18. The maximum Gasteiger partial charge on any atom is 0.161 e. The molecule has 0 radical (unpaired) electrons. The summed E-state index contributed by atoms with van der Waals surface area (Å²) in [6.07, 6.45) is 2.57. The lowest BCUT2D eigenvalue weighted by molar-refractivity contribution is 0.310. The lowest BCUT2D eigenvalue weighted by atomic mass is 10.2. The number of aryl methyl sites for hydroxylation is 1. The van der Waals surface area contributed by atoms with E-state index in [1.807, 2.05) is 36.7 Å². The number of methoxy groups -OCH3 is 1. The fourth-order valence-electron chi connectivity index (χ4n) is 2.06. The van der Waals surface area contributed by atoms with Gasteiger partial charge in [0.15, 0.2) is 11.5 Å². The molecule has 0 atom stereocenters. The number of hydrogen-bond acceptors (Lipinski definition) is 5. The monoisotopic (exact) mass is 290 g/mol. The highest BCUT2D eigenvalue weighted by molar-refractivity contribution is 5.42. The molecule has 0 saturated carbocycles. The Balaban J connectivity index is 1.84. The fourth-order valence-corrected chi connectivity index (χ4v) is 2.06. The molecule has 21 heavy (non-hydrogen) atoms. The third-order valence-electron chi connectivity index (χ3n) is 3.19. The summed E-state index contributed by atoms with van der Waals surface area (Å²) in [5.41, 5.74) is 1.16. The Labute approximate surface area is 125 Å². The van der Waals surface area contributed by atoms with Crippen molar-refractivity contribution in [1.82, 2.24) is 20.1 Å². The van der Waals surface area contributed by atoms with Crippen LogP contribution in [0.1, 0.15) is 18.3 Å². The normalized spacial score (nSPS) is 10.6. The molecule has 0 aliphatic heterocycles. The zero-order valence-corrected chi connectivity index (χ0v) is 12.8. The first-order chi connectivity index (χ1) is 10.2. The van der Waals surface area contributed by atoms with Crippen LogP contribution in [0, 0.1) is 0 Å². The summed E-state index contributed by atoms with van der Waals surface area (Å²) in [4.78, 5) is 0. The van der Waals surface area contributed by atoms with E-state index in [1.54, 1.807) is 13.4 Å². The summed E-state index contributed by atoms with van der Waals surface area (Å²) in [5, 5.41) is 11.3. The van der Waals surface area contributed by atoms with Crippen molar-refractivity contribution in [2.45, 2.75) is 19.9 Å². The van der Waals surface area contributed by atoms with Gasteiger partial charge in [-0.15, -0.1) is 10.2 Å². The van der Waals surface area contributed by atoms with Gasteiger partial charge in [0.2, 0.25) is 0 Å². The summed E-state index contributed by atoms with van der Waals surface area (Å²) < 4.78 is 12.8. The van der Waals surface area contributed by atoms with Crippen LogP contribution in [0.15, 0.2) is 24.5 Å². The van der Waals surface area contributed by atoms with Gasteiger partial charge >= 0.3 is 0 Å². The molecule has 1 aromatic heterocycles. The van der Waals surface area contributed by atoms with Crippen molar-refractivity contribution >= 4 is 0 Å². The van der Waals surface area contributed by atoms with Gasteiger partial charge in [-0.2, -0.15) is 0 Å². The van der Waals surface area contributed by atoms with Gasteiger partial charge < -0.3 is 19.4 Å². The molecular weight excluding hydrogens is 268 g/mol. The van der Waals surface area contributed by atoms with Crippen LogP contribution in [0.4, 0.5) is 0 Å². The van der Waals surface area contributed by atoms with E-state index in [4.69, 9.17) is 9.47 Å². The van der Waals surface area contributed by atoms with Crippen LogP contribution >= 0.6 is 0 Å². The first-order valence-electron chi connectivity index (χ1n) is 7.08. The minimum atomic E-state index is 0.631. The summed E-state index contributed by atoms with van der Waals surface area (Å²) >= 11 is 0. The predicted molar refractivity (Wildman–Crippen MR) is 80.6 cm³/mol. The molecule has 2 rings (SSSR count). The zero-order valence-electron chi connectivity index (χ0n) is 12.8. The van der Waals surface area contributed by atoms with E-state index in [9.17, 15) is 0 Å². The molecule has 6 heteroatoms. The number of aromatic nitrogens is 3. The zero-order chi connectivity index (χ0) is 15.1. The van der Waals surface area contributed by atoms with Crippen LogP contribution in [-0.4, -0.2) is 35.0 Å². The smallest absolute Gasteiger partial charge is 0.161 e. The fraction of sp³-hybridized carbons (Fsp3) is 0.467. The van der Waals surface area contributed by atoms with Gasteiger partial charge in [0.05, 0.1) is 13.7 Å². The molecule has 0 saturated heterocycles. The predicted octanol–water partition coefficient (Wildman–Crippen LogP) is 1.55. The molecule has 114 valence electrons. The molecule has 0 bridgehead atoms. The van der Waals surface area contributed by atoms with E-state index in [0.717, 1.165) is 42.4 Å². The molecular formula is C15H22N4O2. The molecule has 0 amide bonds. The highest BCUT2D eigenvalue weighted by atomic mass is 16.5.